The molecule has 2 rings (SSSR count). The minimum absolute atomic E-state index is 0.470. The van der Waals surface area contributed by atoms with Crippen LogP contribution in [0.1, 0.15) is 5.56 Å². The Hall–Kier alpha value is -1.86. The van der Waals surface area contributed by atoms with Gasteiger partial charge < -0.3 is 4.74 Å². The van der Waals surface area contributed by atoms with Gasteiger partial charge in [0.1, 0.15) is 11.8 Å². The molecule has 0 saturated heterocycles. The van der Waals surface area contributed by atoms with Crippen molar-refractivity contribution < 1.29 is 4.74 Å². The second-order valence-electron chi connectivity index (χ2n) is 3.06. The van der Waals surface area contributed by atoms with E-state index in [-0.39, 0.29) is 0 Å². The molecule has 3 nitrogen and oxygen atoms in total. The van der Waals surface area contributed by atoms with Gasteiger partial charge in [-0.3, -0.25) is 0 Å². The van der Waals surface area contributed by atoms with Crippen LogP contribution in [0.4, 0.5) is 0 Å². The molecule has 1 heterocycles. The van der Waals surface area contributed by atoms with Crippen molar-refractivity contribution in [2.45, 2.75) is 0 Å². The van der Waals surface area contributed by atoms with Crippen molar-refractivity contribution in [3.05, 3.63) is 52.6 Å². The van der Waals surface area contributed by atoms with E-state index in [2.05, 4.69) is 20.9 Å². The van der Waals surface area contributed by atoms with Gasteiger partial charge in [-0.2, -0.15) is 5.26 Å². The molecule has 0 saturated carbocycles. The van der Waals surface area contributed by atoms with Crippen LogP contribution in [0.2, 0.25) is 0 Å². The quantitative estimate of drug-likeness (QED) is 0.842. The number of ether oxygens (including phenoxy) is 1. The van der Waals surface area contributed by atoms with Gasteiger partial charge in [0.2, 0.25) is 5.88 Å². The van der Waals surface area contributed by atoms with Crippen LogP contribution in [-0.2, 0) is 0 Å². The summed E-state index contributed by atoms with van der Waals surface area (Å²) in [6.07, 6.45) is 1.48. The summed E-state index contributed by atoms with van der Waals surface area (Å²) in [7, 11) is 0. The third-order valence-electron chi connectivity index (χ3n) is 1.88. The molecule has 0 aliphatic heterocycles. The van der Waals surface area contributed by atoms with Crippen LogP contribution >= 0.6 is 15.9 Å². The van der Waals surface area contributed by atoms with Crippen LogP contribution in [0.3, 0.4) is 0 Å². The van der Waals surface area contributed by atoms with E-state index < -0.39 is 0 Å². The van der Waals surface area contributed by atoms with Gasteiger partial charge in [0.15, 0.2) is 0 Å². The molecule has 4 heteroatoms. The van der Waals surface area contributed by atoms with Gasteiger partial charge in [-0.1, -0.05) is 22.0 Å². The van der Waals surface area contributed by atoms with E-state index in [1.165, 1.54) is 6.20 Å². The highest BCUT2D eigenvalue weighted by molar-refractivity contribution is 9.10. The number of hydrogen-bond acceptors (Lipinski definition) is 3. The molecule has 0 radical (unpaired) electrons. The Morgan fingerprint density at radius 1 is 1.25 bits per heavy atom. The van der Waals surface area contributed by atoms with Crippen LogP contribution in [0.5, 0.6) is 11.6 Å². The topological polar surface area (TPSA) is 45.9 Å². The highest BCUT2D eigenvalue weighted by atomic mass is 79.9. The smallest absolute Gasteiger partial charge is 0.219 e. The van der Waals surface area contributed by atoms with E-state index in [1.54, 1.807) is 12.1 Å². The third kappa shape index (κ3) is 2.59. The van der Waals surface area contributed by atoms with E-state index in [9.17, 15) is 0 Å². The molecule has 0 atom stereocenters. The summed E-state index contributed by atoms with van der Waals surface area (Å²) in [5.74, 6) is 1.17. The molecule has 0 bridgehead atoms. The van der Waals surface area contributed by atoms with Crippen LogP contribution in [-0.4, -0.2) is 4.98 Å². The Balaban J connectivity index is 2.18. The first-order chi connectivity index (χ1) is 7.78. The highest BCUT2D eigenvalue weighted by Crippen LogP contribution is 2.22. The van der Waals surface area contributed by atoms with E-state index in [0.717, 1.165) is 4.47 Å². The number of nitriles is 1. The monoisotopic (exact) mass is 274 g/mol. The first kappa shape index (κ1) is 10.7. The Morgan fingerprint density at radius 2 is 2.12 bits per heavy atom. The SMILES string of the molecule is N#Cc1ccc(Oc2cccc(Br)c2)nc1. The molecule has 2 aromatic rings. The largest absolute Gasteiger partial charge is 0.439 e. The van der Waals surface area contributed by atoms with Gasteiger partial charge in [-0.25, -0.2) is 4.98 Å². The van der Waals surface area contributed by atoms with E-state index in [1.807, 2.05) is 30.3 Å². The summed E-state index contributed by atoms with van der Waals surface area (Å²) in [6, 6.07) is 12.8. The molecule has 0 unspecified atom stereocenters. The van der Waals surface area contributed by atoms with Crippen molar-refractivity contribution in [3.8, 4) is 17.7 Å². The van der Waals surface area contributed by atoms with Gasteiger partial charge in [0.05, 0.1) is 5.56 Å². The van der Waals surface area contributed by atoms with E-state index in [0.29, 0.717) is 17.2 Å². The lowest BCUT2D eigenvalue weighted by Crippen LogP contribution is -1.87. The summed E-state index contributed by atoms with van der Waals surface area (Å²) in [5.41, 5.74) is 0.515. The Morgan fingerprint density at radius 3 is 2.75 bits per heavy atom. The second-order valence-corrected chi connectivity index (χ2v) is 3.97. The molecular weight excluding hydrogens is 268 g/mol. The number of pyridine rings is 1. The number of nitrogens with zero attached hydrogens (tertiary/aromatic N) is 2. The maximum Gasteiger partial charge on any atom is 0.219 e. The van der Waals surface area contributed by atoms with E-state index in [4.69, 9.17) is 10.00 Å². The van der Waals surface area contributed by atoms with E-state index >= 15 is 0 Å². The van der Waals surface area contributed by atoms with Gasteiger partial charge in [0, 0.05) is 16.7 Å². The predicted octanol–water partition coefficient (Wildman–Crippen LogP) is 3.51. The molecule has 0 aliphatic carbocycles. The molecule has 1 aromatic carbocycles. The van der Waals surface area contributed by atoms with Gasteiger partial charge in [-0.15, -0.1) is 0 Å². The molecule has 1 aromatic heterocycles. The molecule has 0 spiro atoms. The predicted molar refractivity (Wildman–Crippen MR) is 63.2 cm³/mol. The summed E-state index contributed by atoms with van der Waals surface area (Å²) < 4.78 is 6.45. The Labute approximate surface area is 101 Å². The fourth-order valence-corrected chi connectivity index (χ4v) is 1.54. The average Bonchev–Trinajstić information content (AvgIpc) is 2.30. The standard InChI is InChI=1S/C12H7BrN2O/c13-10-2-1-3-11(6-10)16-12-5-4-9(7-14)8-15-12/h1-6,8H. The first-order valence-electron chi connectivity index (χ1n) is 4.57. The molecule has 0 N–H and O–H groups in total. The maximum absolute atomic E-state index is 8.62. The Bertz CT molecular complexity index is 531. The van der Waals surface area contributed by atoms with Crippen molar-refractivity contribution in [2.24, 2.45) is 0 Å². The van der Waals surface area contributed by atoms with Gasteiger partial charge >= 0.3 is 0 Å². The Kier molecular flexibility index (Phi) is 3.18. The van der Waals surface area contributed by atoms with Crippen molar-refractivity contribution in [1.82, 2.24) is 4.98 Å². The number of halogens is 1. The van der Waals surface area contributed by atoms with Crippen molar-refractivity contribution in [1.29, 1.82) is 5.26 Å². The summed E-state index contributed by atoms with van der Waals surface area (Å²) in [4.78, 5) is 4.01. The zero-order valence-electron chi connectivity index (χ0n) is 8.22. The van der Waals surface area contributed by atoms with Crippen molar-refractivity contribution in [2.75, 3.05) is 0 Å². The molecule has 0 fully saturated rings. The van der Waals surface area contributed by atoms with Crippen LogP contribution < -0.4 is 4.74 Å². The summed E-state index contributed by atoms with van der Waals surface area (Å²) in [5, 5.41) is 8.62. The fraction of sp³-hybridized carbons (Fsp3) is 0. The molecule has 0 aliphatic rings. The highest BCUT2D eigenvalue weighted by Gasteiger charge is 1.99. The maximum atomic E-state index is 8.62. The lowest BCUT2D eigenvalue weighted by atomic mass is 10.3. The zero-order valence-corrected chi connectivity index (χ0v) is 9.81. The van der Waals surface area contributed by atoms with Crippen molar-refractivity contribution in [3.63, 3.8) is 0 Å². The molecule has 0 amide bonds. The lowest BCUT2D eigenvalue weighted by molar-refractivity contribution is 0.462. The van der Waals surface area contributed by atoms with Crippen LogP contribution in [0, 0.1) is 11.3 Å². The van der Waals surface area contributed by atoms with Crippen molar-refractivity contribution >= 4 is 15.9 Å². The average molecular weight is 275 g/mol. The molecule has 78 valence electrons. The first-order valence-corrected chi connectivity index (χ1v) is 5.37. The second kappa shape index (κ2) is 4.77. The van der Waals surface area contributed by atoms with Gasteiger partial charge in [-0.05, 0) is 24.3 Å². The molecular formula is C12H7BrN2O. The normalized spacial score (nSPS) is 9.50. The minimum Gasteiger partial charge on any atom is -0.439 e. The number of aromatic nitrogens is 1. The van der Waals surface area contributed by atoms with Crippen LogP contribution in [0.25, 0.3) is 0 Å². The number of rotatable bonds is 2. The zero-order chi connectivity index (χ0) is 11.4. The number of benzene rings is 1. The summed E-state index contributed by atoms with van der Waals surface area (Å²) in [6.45, 7) is 0. The molecule has 16 heavy (non-hydrogen) atoms. The minimum atomic E-state index is 0.470. The van der Waals surface area contributed by atoms with Crippen LogP contribution in [0.15, 0.2) is 47.1 Å². The summed E-state index contributed by atoms with van der Waals surface area (Å²) >= 11 is 3.35. The third-order valence-corrected chi connectivity index (χ3v) is 2.38. The lowest BCUT2D eigenvalue weighted by Gasteiger charge is -2.04. The number of hydrogen-bond donors (Lipinski definition) is 0. The van der Waals surface area contributed by atoms with Gasteiger partial charge in [0.25, 0.3) is 0 Å². The fourth-order valence-electron chi connectivity index (χ4n) is 1.16.